The summed E-state index contributed by atoms with van der Waals surface area (Å²) in [4.78, 5) is 19.3. The van der Waals surface area contributed by atoms with Crippen LogP contribution in [-0.2, 0) is 6.61 Å². The number of nitrogens with zero attached hydrogens (tertiary/aromatic N) is 3. The number of pyridine rings is 1. The van der Waals surface area contributed by atoms with Gasteiger partial charge >= 0.3 is 0 Å². The maximum Gasteiger partial charge on any atom is 0.276 e. The average Bonchev–Trinajstić information content (AvgIpc) is 3.31. The molecule has 0 N–H and O–H groups in total. The van der Waals surface area contributed by atoms with Crippen molar-refractivity contribution in [2.24, 2.45) is 0 Å². The quantitative estimate of drug-likeness (QED) is 0.428. The van der Waals surface area contributed by atoms with Crippen LogP contribution in [0.5, 0.6) is 5.75 Å². The number of carbonyl (C=O) groups is 1. The van der Waals surface area contributed by atoms with Gasteiger partial charge in [0.25, 0.3) is 5.91 Å². The number of carbonyl (C=O) groups excluding carboxylic acids is 1. The van der Waals surface area contributed by atoms with Gasteiger partial charge in [0.15, 0.2) is 11.5 Å². The number of amides is 1. The Labute approximate surface area is 184 Å². The summed E-state index contributed by atoms with van der Waals surface area (Å²) in [7, 11) is 0. The van der Waals surface area contributed by atoms with E-state index in [-0.39, 0.29) is 30.1 Å². The predicted molar refractivity (Wildman–Crippen MR) is 117 cm³/mol. The summed E-state index contributed by atoms with van der Waals surface area (Å²) in [5.74, 6) is 0.556. The van der Waals surface area contributed by atoms with Crippen LogP contribution in [0.25, 0.3) is 10.9 Å². The Morgan fingerprint density at radius 1 is 1.12 bits per heavy atom. The van der Waals surface area contributed by atoms with E-state index in [0.717, 1.165) is 35.7 Å². The van der Waals surface area contributed by atoms with Crippen molar-refractivity contribution < 1.29 is 18.4 Å². The number of ether oxygens (including phenoxy) is 1. The van der Waals surface area contributed by atoms with Crippen LogP contribution in [0.1, 0.15) is 47.1 Å². The lowest BCUT2D eigenvalue weighted by atomic mass is 9.95. The summed E-state index contributed by atoms with van der Waals surface area (Å²) in [6.45, 7) is 0.726. The van der Waals surface area contributed by atoms with Gasteiger partial charge in [0, 0.05) is 24.2 Å². The first-order valence-electron chi connectivity index (χ1n) is 10.7. The van der Waals surface area contributed by atoms with Crippen LogP contribution in [-0.4, -0.2) is 27.5 Å². The summed E-state index contributed by atoms with van der Waals surface area (Å²) >= 11 is 0. The van der Waals surface area contributed by atoms with Gasteiger partial charge in [-0.3, -0.25) is 9.78 Å². The molecule has 1 amide bonds. The van der Waals surface area contributed by atoms with Gasteiger partial charge in [0.1, 0.15) is 23.7 Å². The van der Waals surface area contributed by atoms with Crippen molar-refractivity contribution in [1.82, 2.24) is 15.0 Å². The Balaban J connectivity index is 1.31. The third kappa shape index (κ3) is 4.06. The average molecular weight is 431 g/mol. The van der Waals surface area contributed by atoms with E-state index in [9.17, 15) is 9.18 Å². The number of aromatic nitrogens is 2. The van der Waals surface area contributed by atoms with E-state index in [1.807, 2.05) is 36.4 Å². The highest BCUT2D eigenvalue weighted by molar-refractivity contribution is 5.92. The van der Waals surface area contributed by atoms with Gasteiger partial charge in [0.05, 0.1) is 6.04 Å². The number of likely N-dealkylation sites (tertiary alicyclic amines) is 1. The summed E-state index contributed by atoms with van der Waals surface area (Å²) in [5, 5.41) is 4.95. The maximum absolute atomic E-state index is 13.7. The number of para-hydroxylation sites is 1. The Morgan fingerprint density at radius 2 is 2.00 bits per heavy atom. The Kier molecular flexibility index (Phi) is 5.54. The largest absolute Gasteiger partial charge is 0.483 e. The standard InChI is InChI=1S/C25H22FN3O3/c26-19-9-3-7-18(14-19)22-10-1-2-13-29(22)25(30)21-15-20(32-28-21)16-31-23-11-4-6-17-8-5-12-27-24(17)23/h3-9,11-12,14-15,22H,1-2,10,13,16H2. The lowest BCUT2D eigenvalue weighted by molar-refractivity contribution is 0.0600. The Bertz CT molecular complexity index is 1250. The number of rotatable bonds is 5. The fraction of sp³-hybridized carbons (Fsp3) is 0.240. The lowest BCUT2D eigenvalue weighted by Crippen LogP contribution is -2.38. The molecule has 3 heterocycles. The minimum atomic E-state index is -0.302. The third-order valence-electron chi connectivity index (χ3n) is 5.74. The van der Waals surface area contributed by atoms with E-state index in [1.54, 1.807) is 23.2 Å². The van der Waals surface area contributed by atoms with Crippen LogP contribution < -0.4 is 4.74 Å². The summed E-state index contributed by atoms with van der Waals surface area (Å²) in [6.07, 6.45) is 4.40. The van der Waals surface area contributed by atoms with Crippen LogP contribution in [0.3, 0.4) is 0 Å². The zero-order valence-electron chi connectivity index (χ0n) is 17.4. The summed E-state index contributed by atoms with van der Waals surface area (Å²) in [5.41, 5.74) is 1.79. The fourth-order valence-corrected chi connectivity index (χ4v) is 4.21. The second-order valence-electron chi connectivity index (χ2n) is 7.86. The molecule has 0 saturated carbocycles. The van der Waals surface area contributed by atoms with Crippen molar-refractivity contribution in [3.05, 3.63) is 89.7 Å². The molecule has 0 spiro atoms. The normalized spacial score (nSPS) is 16.3. The van der Waals surface area contributed by atoms with Crippen molar-refractivity contribution in [1.29, 1.82) is 0 Å². The van der Waals surface area contributed by atoms with Crippen LogP contribution in [0.2, 0.25) is 0 Å². The number of halogens is 1. The fourth-order valence-electron chi connectivity index (χ4n) is 4.21. The summed E-state index contributed by atoms with van der Waals surface area (Å²) in [6, 6.07) is 17.4. The van der Waals surface area contributed by atoms with Crippen LogP contribution in [0, 0.1) is 5.82 Å². The van der Waals surface area contributed by atoms with Crippen molar-refractivity contribution in [3.63, 3.8) is 0 Å². The SMILES string of the molecule is O=C(c1cc(COc2cccc3cccnc23)on1)N1CCCCC1c1cccc(F)c1. The van der Waals surface area contributed by atoms with Crippen LogP contribution in [0.15, 0.2) is 71.4 Å². The molecule has 2 aromatic heterocycles. The van der Waals surface area contributed by atoms with Crippen LogP contribution >= 0.6 is 0 Å². The maximum atomic E-state index is 13.7. The molecule has 1 atom stereocenters. The predicted octanol–water partition coefficient (Wildman–Crippen LogP) is 5.31. The second kappa shape index (κ2) is 8.78. The van der Waals surface area contributed by atoms with Gasteiger partial charge in [-0.15, -0.1) is 0 Å². The molecule has 1 fully saturated rings. The van der Waals surface area contributed by atoms with Crippen molar-refractivity contribution >= 4 is 16.8 Å². The number of hydrogen-bond donors (Lipinski definition) is 0. The third-order valence-corrected chi connectivity index (χ3v) is 5.74. The first-order valence-corrected chi connectivity index (χ1v) is 10.7. The van der Waals surface area contributed by atoms with E-state index >= 15 is 0 Å². The van der Waals surface area contributed by atoms with E-state index in [0.29, 0.717) is 18.1 Å². The molecule has 32 heavy (non-hydrogen) atoms. The number of fused-ring (bicyclic) bond motifs is 1. The van der Waals surface area contributed by atoms with Gasteiger partial charge < -0.3 is 14.2 Å². The van der Waals surface area contributed by atoms with Crippen molar-refractivity contribution in [3.8, 4) is 5.75 Å². The van der Waals surface area contributed by atoms with Gasteiger partial charge in [-0.2, -0.15) is 0 Å². The smallest absolute Gasteiger partial charge is 0.276 e. The summed E-state index contributed by atoms with van der Waals surface area (Å²) < 4.78 is 25.0. The van der Waals surface area contributed by atoms with E-state index < -0.39 is 0 Å². The van der Waals surface area contributed by atoms with E-state index in [1.165, 1.54) is 12.1 Å². The molecule has 162 valence electrons. The molecule has 2 aromatic carbocycles. The minimum absolute atomic E-state index is 0.128. The van der Waals surface area contributed by atoms with Crippen LogP contribution in [0.4, 0.5) is 4.39 Å². The Morgan fingerprint density at radius 3 is 2.91 bits per heavy atom. The van der Waals surface area contributed by atoms with Gasteiger partial charge in [0.2, 0.25) is 0 Å². The molecule has 1 unspecified atom stereocenters. The first-order chi connectivity index (χ1) is 15.7. The molecule has 1 aliphatic rings. The highest BCUT2D eigenvalue weighted by Gasteiger charge is 2.30. The number of hydrogen-bond acceptors (Lipinski definition) is 5. The zero-order valence-corrected chi connectivity index (χ0v) is 17.4. The highest BCUT2D eigenvalue weighted by atomic mass is 19.1. The molecule has 5 rings (SSSR count). The molecule has 0 bridgehead atoms. The molecule has 1 saturated heterocycles. The zero-order chi connectivity index (χ0) is 21.9. The molecule has 1 aliphatic heterocycles. The van der Waals surface area contributed by atoms with E-state index in [2.05, 4.69) is 10.1 Å². The molecule has 0 aliphatic carbocycles. The Hall–Kier alpha value is -3.74. The molecule has 6 nitrogen and oxygen atoms in total. The monoisotopic (exact) mass is 431 g/mol. The highest BCUT2D eigenvalue weighted by Crippen LogP contribution is 2.32. The first kappa shape index (κ1) is 20.2. The molecular weight excluding hydrogens is 409 g/mol. The molecule has 7 heteroatoms. The van der Waals surface area contributed by atoms with E-state index in [4.69, 9.17) is 9.26 Å². The van der Waals surface area contributed by atoms with Gasteiger partial charge in [-0.25, -0.2) is 4.39 Å². The van der Waals surface area contributed by atoms with Crippen molar-refractivity contribution in [2.75, 3.05) is 6.54 Å². The number of benzene rings is 2. The molecule has 0 radical (unpaired) electrons. The second-order valence-corrected chi connectivity index (χ2v) is 7.86. The molecule has 4 aromatic rings. The lowest BCUT2D eigenvalue weighted by Gasteiger charge is -2.35. The van der Waals surface area contributed by atoms with Gasteiger partial charge in [-0.1, -0.05) is 35.5 Å². The molecular formula is C25H22FN3O3. The van der Waals surface area contributed by atoms with Gasteiger partial charge in [-0.05, 0) is 49.1 Å². The topological polar surface area (TPSA) is 68.5 Å². The minimum Gasteiger partial charge on any atom is -0.483 e. The van der Waals surface area contributed by atoms with Crippen molar-refractivity contribution in [2.45, 2.75) is 31.9 Å². The number of piperidine rings is 1.